The molecule has 0 aromatic carbocycles. The number of carbonyl (C=O) groups excluding carboxylic acids is 1. The van der Waals surface area contributed by atoms with E-state index in [4.69, 9.17) is 4.74 Å². The summed E-state index contributed by atoms with van der Waals surface area (Å²) in [7, 11) is 0. The van der Waals surface area contributed by atoms with Crippen molar-refractivity contribution in [3.8, 4) is 0 Å². The molecule has 1 saturated heterocycles. The van der Waals surface area contributed by atoms with Crippen LogP contribution in [0.15, 0.2) is 0 Å². The molecule has 2 N–H and O–H groups in total. The molecule has 88 valence electrons. The van der Waals surface area contributed by atoms with E-state index in [0.29, 0.717) is 19.6 Å². The zero-order valence-electron chi connectivity index (χ0n) is 9.47. The number of halogens is 1. The third-order valence-corrected chi connectivity index (χ3v) is 2.16. The van der Waals surface area contributed by atoms with Crippen LogP contribution in [0.2, 0.25) is 0 Å². The summed E-state index contributed by atoms with van der Waals surface area (Å²) >= 11 is 0. The third-order valence-electron chi connectivity index (χ3n) is 2.16. The van der Waals surface area contributed by atoms with Crippen LogP contribution in [0, 0.1) is 5.92 Å². The van der Waals surface area contributed by atoms with Crippen LogP contribution < -0.4 is 10.6 Å². The maximum atomic E-state index is 13.1. The average molecular weight is 218 g/mol. The highest BCUT2D eigenvalue weighted by Crippen LogP contribution is 2.12. The Morgan fingerprint density at radius 1 is 1.53 bits per heavy atom. The third kappa shape index (κ3) is 4.46. The Hall–Kier alpha value is -0.840. The second-order valence-electron chi connectivity index (χ2n) is 4.82. The van der Waals surface area contributed by atoms with E-state index >= 15 is 0 Å². The number of rotatable bonds is 2. The van der Waals surface area contributed by atoms with E-state index in [9.17, 15) is 9.18 Å². The molecule has 15 heavy (non-hydrogen) atoms. The van der Waals surface area contributed by atoms with Crippen molar-refractivity contribution >= 4 is 6.09 Å². The van der Waals surface area contributed by atoms with Gasteiger partial charge in [0.25, 0.3) is 0 Å². The van der Waals surface area contributed by atoms with Gasteiger partial charge in [0, 0.05) is 25.6 Å². The van der Waals surface area contributed by atoms with E-state index < -0.39 is 17.9 Å². The summed E-state index contributed by atoms with van der Waals surface area (Å²) in [5.41, 5.74) is -0.507. The summed E-state index contributed by atoms with van der Waals surface area (Å²) in [6.45, 7) is 6.69. The molecule has 2 atom stereocenters. The summed E-state index contributed by atoms with van der Waals surface area (Å²) in [5, 5.41) is 5.50. The first-order valence-corrected chi connectivity index (χ1v) is 5.20. The fourth-order valence-corrected chi connectivity index (χ4v) is 1.43. The van der Waals surface area contributed by atoms with E-state index in [1.54, 1.807) is 20.8 Å². The van der Waals surface area contributed by atoms with Crippen molar-refractivity contribution in [1.82, 2.24) is 10.6 Å². The van der Waals surface area contributed by atoms with E-state index in [0.717, 1.165) is 0 Å². The number of hydrogen-bond donors (Lipinski definition) is 2. The molecule has 0 bridgehead atoms. The fraction of sp³-hybridized carbons (Fsp3) is 0.900. The Morgan fingerprint density at radius 2 is 2.20 bits per heavy atom. The van der Waals surface area contributed by atoms with Gasteiger partial charge in [-0.2, -0.15) is 0 Å². The molecule has 0 aliphatic carbocycles. The lowest BCUT2D eigenvalue weighted by molar-refractivity contribution is 0.0515. The van der Waals surface area contributed by atoms with Crippen molar-refractivity contribution in [2.24, 2.45) is 5.92 Å². The van der Waals surface area contributed by atoms with Gasteiger partial charge in [-0.25, -0.2) is 9.18 Å². The Morgan fingerprint density at radius 3 is 2.67 bits per heavy atom. The second kappa shape index (κ2) is 4.79. The Balaban J connectivity index is 2.22. The predicted octanol–water partition coefficient (Wildman–Crippen LogP) is 1.07. The summed E-state index contributed by atoms with van der Waals surface area (Å²) in [4.78, 5) is 11.2. The molecule has 1 heterocycles. The predicted molar refractivity (Wildman–Crippen MR) is 55.5 cm³/mol. The Bertz CT molecular complexity index is 228. The molecule has 0 radical (unpaired) electrons. The Labute approximate surface area is 89.6 Å². The molecule has 1 amide bonds. The maximum Gasteiger partial charge on any atom is 0.407 e. The lowest BCUT2D eigenvalue weighted by Gasteiger charge is -2.20. The van der Waals surface area contributed by atoms with Gasteiger partial charge in [-0.15, -0.1) is 0 Å². The molecule has 1 aliphatic rings. The molecule has 0 aromatic rings. The van der Waals surface area contributed by atoms with Crippen molar-refractivity contribution in [1.29, 1.82) is 0 Å². The first-order chi connectivity index (χ1) is 6.88. The molecule has 5 heteroatoms. The molecule has 0 spiro atoms. The number of alkyl halides is 1. The second-order valence-corrected chi connectivity index (χ2v) is 4.82. The lowest BCUT2D eigenvalue weighted by Crippen LogP contribution is -2.37. The van der Waals surface area contributed by atoms with Crippen molar-refractivity contribution < 1.29 is 13.9 Å². The van der Waals surface area contributed by atoms with Gasteiger partial charge in [0.05, 0.1) is 0 Å². The lowest BCUT2D eigenvalue weighted by atomic mass is 10.1. The molecule has 4 nitrogen and oxygen atoms in total. The quantitative estimate of drug-likeness (QED) is 0.729. The number of nitrogens with one attached hydrogen (secondary N) is 2. The minimum Gasteiger partial charge on any atom is -0.444 e. The van der Waals surface area contributed by atoms with E-state index in [2.05, 4.69) is 10.6 Å². The highest BCUT2D eigenvalue weighted by Gasteiger charge is 2.27. The van der Waals surface area contributed by atoms with Gasteiger partial charge >= 0.3 is 6.09 Å². The number of hydrogen-bond acceptors (Lipinski definition) is 3. The van der Waals surface area contributed by atoms with Gasteiger partial charge in [0.2, 0.25) is 0 Å². The molecular weight excluding hydrogens is 199 g/mol. The maximum absolute atomic E-state index is 13.1. The SMILES string of the molecule is CC(C)(C)OC(=O)NCC1CNCC1F. The van der Waals surface area contributed by atoms with Crippen LogP contribution >= 0.6 is 0 Å². The smallest absolute Gasteiger partial charge is 0.407 e. The van der Waals surface area contributed by atoms with E-state index in [-0.39, 0.29) is 5.92 Å². The number of alkyl carbamates (subject to hydrolysis) is 1. The van der Waals surface area contributed by atoms with Gasteiger partial charge in [-0.1, -0.05) is 0 Å². The van der Waals surface area contributed by atoms with Crippen LogP contribution in [0.3, 0.4) is 0 Å². The van der Waals surface area contributed by atoms with Crippen molar-refractivity contribution in [3.05, 3.63) is 0 Å². The van der Waals surface area contributed by atoms with Crippen LogP contribution in [-0.4, -0.2) is 37.5 Å². The van der Waals surface area contributed by atoms with E-state index in [1.807, 2.05) is 0 Å². The van der Waals surface area contributed by atoms with E-state index in [1.165, 1.54) is 0 Å². The van der Waals surface area contributed by atoms with Crippen LogP contribution in [-0.2, 0) is 4.74 Å². The summed E-state index contributed by atoms with van der Waals surface area (Å²) in [6.07, 6.45) is -1.36. The number of ether oxygens (including phenoxy) is 1. The number of carbonyl (C=O) groups is 1. The van der Waals surface area contributed by atoms with Crippen molar-refractivity contribution in [2.45, 2.75) is 32.5 Å². The average Bonchev–Trinajstić information content (AvgIpc) is 2.44. The summed E-state index contributed by atoms with van der Waals surface area (Å²) < 4.78 is 18.2. The monoisotopic (exact) mass is 218 g/mol. The molecular formula is C10H19FN2O2. The number of amides is 1. The van der Waals surface area contributed by atoms with Gasteiger partial charge < -0.3 is 15.4 Å². The first kappa shape index (κ1) is 12.2. The highest BCUT2D eigenvalue weighted by atomic mass is 19.1. The van der Waals surface area contributed by atoms with Crippen LogP contribution in [0.25, 0.3) is 0 Å². The minimum absolute atomic E-state index is 0.141. The van der Waals surface area contributed by atoms with Gasteiger partial charge in [-0.3, -0.25) is 0 Å². The van der Waals surface area contributed by atoms with Crippen LogP contribution in [0.5, 0.6) is 0 Å². The molecule has 2 unspecified atom stereocenters. The molecule has 1 aliphatic heterocycles. The fourth-order valence-electron chi connectivity index (χ4n) is 1.43. The normalized spacial score (nSPS) is 26.4. The van der Waals surface area contributed by atoms with Crippen LogP contribution in [0.1, 0.15) is 20.8 Å². The highest BCUT2D eigenvalue weighted by molar-refractivity contribution is 5.67. The van der Waals surface area contributed by atoms with Crippen molar-refractivity contribution in [3.63, 3.8) is 0 Å². The zero-order chi connectivity index (χ0) is 11.5. The molecule has 1 fully saturated rings. The molecule has 1 rings (SSSR count). The summed E-state index contributed by atoms with van der Waals surface area (Å²) in [5.74, 6) is -0.141. The molecule has 0 aromatic heterocycles. The molecule has 0 saturated carbocycles. The summed E-state index contributed by atoms with van der Waals surface area (Å²) in [6, 6.07) is 0. The minimum atomic E-state index is -0.875. The van der Waals surface area contributed by atoms with Gasteiger partial charge in [-0.05, 0) is 20.8 Å². The Kier molecular flexibility index (Phi) is 3.90. The standard InChI is InChI=1S/C10H19FN2O2/c1-10(2,3)15-9(14)13-5-7-4-12-6-8(7)11/h7-8,12H,4-6H2,1-3H3,(H,13,14). The van der Waals surface area contributed by atoms with Gasteiger partial charge in [0.15, 0.2) is 0 Å². The van der Waals surface area contributed by atoms with Crippen molar-refractivity contribution in [2.75, 3.05) is 19.6 Å². The van der Waals surface area contributed by atoms with Crippen LogP contribution in [0.4, 0.5) is 9.18 Å². The topological polar surface area (TPSA) is 50.4 Å². The largest absolute Gasteiger partial charge is 0.444 e. The zero-order valence-corrected chi connectivity index (χ0v) is 9.47. The van der Waals surface area contributed by atoms with Gasteiger partial charge in [0.1, 0.15) is 11.8 Å². The first-order valence-electron chi connectivity index (χ1n) is 5.20.